The number of ether oxygens (including phenoxy) is 4. The van der Waals surface area contributed by atoms with Crippen molar-refractivity contribution in [3.05, 3.63) is 18.2 Å². The predicted molar refractivity (Wildman–Crippen MR) is 93.8 cm³/mol. The molecule has 5 rings (SSSR count). The summed E-state index contributed by atoms with van der Waals surface area (Å²) in [6.07, 6.45) is 1.63. The van der Waals surface area contributed by atoms with Gasteiger partial charge in [-0.3, -0.25) is 14.5 Å². The number of benzene rings is 1. The van der Waals surface area contributed by atoms with Gasteiger partial charge in [0.05, 0.1) is 31.4 Å². The van der Waals surface area contributed by atoms with Crippen LogP contribution in [-0.4, -0.2) is 68.1 Å². The molecule has 3 saturated heterocycles. The molecule has 0 saturated carbocycles. The number of likely N-dealkylation sites (tertiary alicyclic amines) is 1. The molecular formula is C19H22N2O6. The minimum absolute atomic E-state index is 0.180. The Hall–Kier alpha value is -2.16. The fraction of sp³-hybridized carbons (Fsp3) is 0.579. The van der Waals surface area contributed by atoms with Crippen molar-refractivity contribution in [1.82, 2.24) is 4.90 Å². The molecule has 1 spiro atoms. The molecular weight excluding hydrogens is 352 g/mol. The fourth-order valence-electron chi connectivity index (χ4n) is 4.31. The second kappa shape index (κ2) is 6.47. The fourth-order valence-corrected chi connectivity index (χ4v) is 4.31. The number of nitrogens with zero attached hydrogens (tertiary/aromatic N) is 2. The Kier molecular flexibility index (Phi) is 4.07. The third kappa shape index (κ3) is 2.88. The monoisotopic (exact) mass is 374 g/mol. The third-order valence-electron chi connectivity index (χ3n) is 5.72. The molecule has 3 fully saturated rings. The van der Waals surface area contributed by atoms with Gasteiger partial charge in [0.25, 0.3) is 5.91 Å². The van der Waals surface area contributed by atoms with E-state index in [0.717, 1.165) is 12.8 Å². The van der Waals surface area contributed by atoms with Crippen LogP contribution in [0.5, 0.6) is 11.5 Å². The van der Waals surface area contributed by atoms with Crippen molar-refractivity contribution in [3.8, 4) is 11.5 Å². The zero-order valence-corrected chi connectivity index (χ0v) is 15.0. The van der Waals surface area contributed by atoms with Crippen LogP contribution in [-0.2, 0) is 19.1 Å². The minimum Gasteiger partial charge on any atom is -0.486 e. The van der Waals surface area contributed by atoms with Gasteiger partial charge < -0.3 is 18.9 Å². The SMILES string of the molecule is O=C1C[C@H](N2CCC3(CC2)OCCO3)C(=O)N1c1ccc2c(c1)OCCO2. The van der Waals surface area contributed by atoms with Gasteiger partial charge >= 0.3 is 0 Å². The lowest BCUT2D eigenvalue weighted by Crippen LogP contribution is -2.51. The third-order valence-corrected chi connectivity index (χ3v) is 5.72. The van der Waals surface area contributed by atoms with E-state index in [1.807, 2.05) is 0 Å². The van der Waals surface area contributed by atoms with E-state index in [0.29, 0.717) is 56.7 Å². The number of fused-ring (bicyclic) bond motifs is 1. The van der Waals surface area contributed by atoms with Crippen LogP contribution in [0.3, 0.4) is 0 Å². The molecule has 4 heterocycles. The van der Waals surface area contributed by atoms with E-state index in [1.165, 1.54) is 4.90 Å². The normalized spacial score (nSPS) is 27.6. The van der Waals surface area contributed by atoms with Gasteiger partial charge in [-0.1, -0.05) is 0 Å². The van der Waals surface area contributed by atoms with Crippen LogP contribution in [0, 0.1) is 0 Å². The van der Waals surface area contributed by atoms with E-state index in [4.69, 9.17) is 18.9 Å². The van der Waals surface area contributed by atoms with E-state index in [-0.39, 0.29) is 18.2 Å². The summed E-state index contributed by atoms with van der Waals surface area (Å²) < 4.78 is 22.6. The summed E-state index contributed by atoms with van der Waals surface area (Å²) in [6, 6.07) is 4.76. The first-order valence-electron chi connectivity index (χ1n) is 9.44. The van der Waals surface area contributed by atoms with Gasteiger partial charge in [0.2, 0.25) is 5.91 Å². The van der Waals surface area contributed by atoms with E-state index < -0.39 is 11.8 Å². The molecule has 1 aromatic rings. The second-order valence-electron chi connectivity index (χ2n) is 7.26. The maximum atomic E-state index is 13.0. The van der Waals surface area contributed by atoms with Crippen molar-refractivity contribution >= 4 is 17.5 Å². The zero-order chi connectivity index (χ0) is 18.4. The largest absolute Gasteiger partial charge is 0.486 e. The maximum Gasteiger partial charge on any atom is 0.251 e. The average molecular weight is 374 g/mol. The summed E-state index contributed by atoms with van der Waals surface area (Å²) in [5.74, 6) is 0.352. The van der Waals surface area contributed by atoms with Crippen LogP contribution >= 0.6 is 0 Å². The quantitative estimate of drug-likeness (QED) is 0.713. The first-order chi connectivity index (χ1) is 13.2. The molecule has 4 aliphatic heterocycles. The topological polar surface area (TPSA) is 77.5 Å². The number of imide groups is 1. The summed E-state index contributed by atoms with van der Waals surface area (Å²) >= 11 is 0. The number of hydrogen-bond donors (Lipinski definition) is 0. The number of carbonyl (C=O) groups is 2. The van der Waals surface area contributed by atoms with Gasteiger partial charge in [-0.05, 0) is 12.1 Å². The lowest BCUT2D eigenvalue weighted by atomic mass is 10.0. The van der Waals surface area contributed by atoms with Gasteiger partial charge in [-0.25, -0.2) is 4.90 Å². The molecule has 1 atom stereocenters. The molecule has 1 aromatic carbocycles. The van der Waals surface area contributed by atoms with Crippen LogP contribution in [0.1, 0.15) is 19.3 Å². The molecule has 0 N–H and O–H groups in total. The van der Waals surface area contributed by atoms with E-state index in [9.17, 15) is 9.59 Å². The van der Waals surface area contributed by atoms with Crippen LogP contribution in [0.25, 0.3) is 0 Å². The summed E-state index contributed by atoms with van der Waals surface area (Å²) in [4.78, 5) is 29.0. The molecule has 27 heavy (non-hydrogen) atoms. The minimum atomic E-state index is -0.488. The molecule has 4 aliphatic rings. The van der Waals surface area contributed by atoms with Crippen molar-refractivity contribution in [2.75, 3.05) is 44.4 Å². The Balaban J connectivity index is 1.32. The van der Waals surface area contributed by atoms with Crippen molar-refractivity contribution in [3.63, 3.8) is 0 Å². The standard InChI is InChI=1S/C19H22N2O6/c22-17-12-14(20-5-3-19(4-6-20)26-9-10-27-19)18(23)21(17)13-1-2-15-16(11-13)25-8-7-24-15/h1-2,11,14H,3-10,12H2/t14-/m0/s1. The highest BCUT2D eigenvalue weighted by Gasteiger charge is 2.47. The summed E-state index contributed by atoms with van der Waals surface area (Å²) in [7, 11) is 0. The molecule has 0 bridgehead atoms. The number of amides is 2. The molecule has 0 aromatic heterocycles. The van der Waals surface area contributed by atoms with E-state index in [1.54, 1.807) is 18.2 Å². The van der Waals surface area contributed by atoms with Crippen LogP contribution < -0.4 is 14.4 Å². The maximum absolute atomic E-state index is 13.0. The van der Waals surface area contributed by atoms with Crippen molar-refractivity contribution in [1.29, 1.82) is 0 Å². The lowest BCUT2D eigenvalue weighted by molar-refractivity contribution is -0.188. The highest BCUT2D eigenvalue weighted by molar-refractivity contribution is 6.22. The van der Waals surface area contributed by atoms with Crippen molar-refractivity contribution in [2.45, 2.75) is 31.1 Å². The molecule has 0 aliphatic carbocycles. The number of hydrogen-bond acceptors (Lipinski definition) is 7. The Labute approximate surface area is 156 Å². The molecule has 8 heteroatoms. The first-order valence-corrected chi connectivity index (χ1v) is 9.44. The second-order valence-corrected chi connectivity index (χ2v) is 7.26. The Bertz CT molecular complexity index is 765. The number of anilines is 1. The Morgan fingerprint density at radius 3 is 2.37 bits per heavy atom. The summed E-state index contributed by atoms with van der Waals surface area (Å²) in [5.41, 5.74) is 0.535. The molecule has 8 nitrogen and oxygen atoms in total. The Morgan fingerprint density at radius 1 is 0.926 bits per heavy atom. The van der Waals surface area contributed by atoms with Crippen molar-refractivity contribution < 1.29 is 28.5 Å². The first kappa shape index (κ1) is 17.0. The van der Waals surface area contributed by atoms with Crippen LogP contribution in [0.4, 0.5) is 5.69 Å². The number of carbonyl (C=O) groups excluding carboxylic acids is 2. The van der Waals surface area contributed by atoms with Gasteiger partial charge in [-0.15, -0.1) is 0 Å². The van der Waals surface area contributed by atoms with E-state index in [2.05, 4.69) is 4.90 Å². The summed E-state index contributed by atoms with van der Waals surface area (Å²) in [5, 5.41) is 0. The van der Waals surface area contributed by atoms with Crippen LogP contribution in [0.15, 0.2) is 18.2 Å². The average Bonchev–Trinajstić information content (AvgIpc) is 3.26. The number of rotatable bonds is 2. The smallest absolute Gasteiger partial charge is 0.251 e. The van der Waals surface area contributed by atoms with Gasteiger partial charge in [0.15, 0.2) is 17.3 Å². The molecule has 2 amide bonds. The van der Waals surface area contributed by atoms with Gasteiger partial charge in [0, 0.05) is 32.0 Å². The highest BCUT2D eigenvalue weighted by Crippen LogP contribution is 2.37. The Morgan fingerprint density at radius 2 is 1.63 bits per heavy atom. The highest BCUT2D eigenvalue weighted by atomic mass is 16.7. The molecule has 0 radical (unpaired) electrons. The molecule has 144 valence electrons. The van der Waals surface area contributed by atoms with Crippen molar-refractivity contribution in [2.24, 2.45) is 0 Å². The predicted octanol–water partition coefficient (Wildman–Crippen LogP) is 0.929. The number of piperidine rings is 1. The zero-order valence-electron chi connectivity index (χ0n) is 15.0. The lowest BCUT2D eigenvalue weighted by Gasteiger charge is -2.39. The van der Waals surface area contributed by atoms with Crippen LogP contribution in [0.2, 0.25) is 0 Å². The van der Waals surface area contributed by atoms with E-state index >= 15 is 0 Å². The van der Waals surface area contributed by atoms with Gasteiger partial charge in [-0.2, -0.15) is 0 Å². The summed E-state index contributed by atoms with van der Waals surface area (Å²) in [6.45, 7) is 3.56. The van der Waals surface area contributed by atoms with Gasteiger partial charge in [0.1, 0.15) is 13.2 Å². The molecule has 0 unspecified atom stereocenters.